The lowest BCUT2D eigenvalue weighted by Crippen LogP contribution is -2.23. The van der Waals surface area contributed by atoms with Crippen LogP contribution < -0.4 is 10.2 Å². The predicted molar refractivity (Wildman–Crippen MR) is 103 cm³/mol. The van der Waals surface area contributed by atoms with Crippen LogP contribution in [-0.2, 0) is 20.7 Å². The molecule has 1 aliphatic rings. The molecule has 0 radical (unpaired) electrons. The number of carbonyl (C=O) groups excluding carboxylic acids is 3. The predicted octanol–water partition coefficient (Wildman–Crippen LogP) is 2.85. The van der Waals surface area contributed by atoms with Crippen LogP contribution in [0.5, 0.6) is 0 Å². The average molecular weight is 387 g/mol. The molecule has 1 saturated heterocycles. The van der Waals surface area contributed by atoms with Gasteiger partial charge in [-0.05, 0) is 43.5 Å². The zero-order valence-corrected chi connectivity index (χ0v) is 16.3. The number of aryl methyl sites for hydroxylation is 1. The minimum absolute atomic E-state index is 0.0748. The van der Waals surface area contributed by atoms with E-state index in [0.717, 1.165) is 17.5 Å². The quantitative estimate of drug-likeness (QED) is 0.797. The van der Waals surface area contributed by atoms with Gasteiger partial charge < -0.3 is 10.1 Å². The Kier molecular flexibility index (Phi) is 5.55. The van der Waals surface area contributed by atoms with Crippen molar-refractivity contribution in [2.75, 3.05) is 23.9 Å². The first-order chi connectivity index (χ1) is 12.9. The smallest absolute Gasteiger partial charge is 0.338 e. The van der Waals surface area contributed by atoms with Crippen LogP contribution in [0.3, 0.4) is 0 Å². The van der Waals surface area contributed by atoms with Crippen LogP contribution in [0.1, 0.15) is 40.0 Å². The molecule has 0 bridgehead atoms. The van der Waals surface area contributed by atoms with E-state index in [9.17, 15) is 14.4 Å². The van der Waals surface area contributed by atoms with E-state index < -0.39 is 5.97 Å². The van der Waals surface area contributed by atoms with E-state index in [-0.39, 0.29) is 18.2 Å². The van der Waals surface area contributed by atoms with Gasteiger partial charge in [0.1, 0.15) is 0 Å². The summed E-state index contributed by atoms with van der Waals surface area (Å²) in [6.07, 6.45) is 1.48. The minimum Gasteiger partial charge on any atom is -0.465 e. The third-order valence-corrected chi connectivity index (χ3v) is 5.45. The van der Waals surface area contributed by atoms with Gasteiger partial charge in [-0.1, -0.05) is 0 Å². The summed E-state index contributed by atoms with van der Waals surface area (Å²) < 4.78 is 4.80. The molecular weight excluding hydrogens is 366 g/mol. The molecule has 2 heterocycles. The first-order valence-corrected chi connectivity index (χ1v) is 9.51. The van der Waals surface area contributed by atoms with Gasteiger partial charge in [-0.15, -0.1) is 11.3 Å². The number of esters is 1. The third-order valence-electron chi connectivity index (χ3n) is 4.54. The van der Waals surface area contributed by atoms with Gasteiger partial charge in [0, 0.05) is 24.0 Å². The zero-order chi connectivity index (χ0) is 19.6. The van der Waals surface area contributed by atoms with Gasteiger partial charge in [0.25, 0.3) is 0 Å². The molecule has 0 unspecified atom stereocenters. The highest BCUT2D eigenvalue weighted by atomic mass is 32.1. The highest BCUT2D eigenvalue weighted by molar-refractivity contribution is 7.14. The summed E-state index contributed by atoms with van der Waals surface area (Å²) in [5, 5.41) is 5.23. The fourth-order valence-electron chi connectivity index (χ4n) is 2.97. The van der Waals surface area contributed by atoms with Crippen molar-refractivity contribution >= 4 is 39.9 Å². The van der Waals surface area contributed by atoms with Crippen molar-refractivity contribution in [3.63, 3.8) is 0 Å². The van der Waals surface area contributed by atoms with Crippen LogP contribution in [-0.4, -0.2) is 36.4 Å². The van der Waals surface area contributed by atoms with E-state index in [1.54, 1.807) is 16.3 Å². The molecule has 8 heteroatoms. The van der Waals surface area contributed by atoms with Crippen LogP contribution in [0.25, 0.3) is 0 Å². The van der Waals surface area contributed by atoms with Crippen LogP contribution in [0.4, 0.5) is 10.8 Å². The van der Waals surface area contributed by atoms with Crippen LogP contribution in [0.15, 0.2) is 17.5 Å². The molecule has 1 N–H and O–H groups in total. The Hall–Kier alpha value is -2.74. The van der Waals surface area contributed by atoms with Crippen molar-refractivity contribution in [1.82, 2.24) is 4.98 Å². The Morgan fingerprint density at radius 2 is 2.11 bits per heavy atom. The van der Waals surface area contributed by atoms with Gasteiger partial charge in [0.15, 0.2) is 5.13 Å². The Bertz CT molecular complexity index is 906. The standard InChI is InChI=1S/C19H21N3O4S/c1-11-7-13(8-15(12(11)2)18(25)26-3)20-16(23)9-14-10-27-19(21-14)22-6-4-5-17(22)24/h7-8,10H,4-6,9H2,1-3H3,(H,20,23). The molecule has 27 heavy (non-hydrogen) atoms. The summed E-state index contributed by atoms with van der Waals surface area (Å²) in [4.78, 5) is 42.1. The average Bonchev–Trinajstić information content (AvgIpc) is 3.25. The first-order valence-electron chi connectivity index (χ1n) is 8.63. The second-order valence-corrected chi connectivity index (χ2v) is 7.29. The van der Waals surface area contributed by atoms with Gasteiger partial charge >= 0.3 is 5.97 Å². The van der Waals surface area contributed by atoms with Crippen LogP contribution >= 0.6 is 11.3 Å². The molecule has 2 amide bonds. The number of thiazole rings is 1. The molecule has 1 aliphatic heterocycles. The molecule has 0 spiro atoms. The largest absolute Gasteiger partial charge is 0.465 e. The highest BCUT2D eigenvalue weighted by Gasteiger charge is 2.24. The number of benzene rings is 1. The van der Waals surface area contributed by atoms with Crippen LogP contribution in [0, 0.1) is 13.8 Å². The van der Waals surface area contributed by atoms with E-state index in [0.29, 0.717) is 35.0 Å². The lowest BCUT2D eigenvalue weighted by atomic mass is 10.0. The topological polar surface area (TPSA) is 88.6 Å². The van der Waals surface area contributed by atoms with Crippen molar-refractivity contribution < 1.29 is 19.1 Å². The van der Waals surface area contributed by atoms with E-state index in [1.807, 2.05) is 19.9 Å². The summed E-state index contributed by atoms with van der Waals surface area (Å²) in [6.45, 7) is 4.39. The van der Waals surface area contributed by atoms with Gasteiger partial charge in [-0.25, -0.2) is 9.78 Å². The van der Waals surface area contributed by atoms with Crippen molar-refractivity contribution in [3.05, 3.63) is 39.9 Å². The molecule has 1 aromatic heterocycles. The summed E-state index contributed by atoms with van der Waals surface area (Å²) in [5.74, 6) is -0.601. The molecule has 1 fully saturated rings. The maximum absolute atomic E-state index is 12.4. The molecule has 0 saturated carbocycles. The Morgan fingerprint density at radius 1 is 1.33 bits per heavy atom. The lowest BCUT2D eigenvalue weighted by molar-refractivity contribution is -0.117. The maximum atomic E-state index is 12.4. The number of nitrogens with zero attached hydrogens (tertiary/aromatic N) is 2. The van der Waals surface area contributed by atoms with Gasteiger partial charge in [-0.3, -0.25) is 14.5 Å². The van der Waals surface area contributed by atoms with Gasteiger partial charge in [0.2, 0.25) is 11.8 Å². The number of nitrogens with one attached hydrogen (secondary N) is 1. The third kappa shape index (κ3) is 4.16. The Morgan fingerprint density at radius 3 is 2.78 bits per heavy atom. The highest BCUT2D eigenvalue weighted by Crippen LogP contribution is 2.26. The summed E-state index contributed by atoms with van der Waals surface area (Å²) in [6, 6.07) is 3.43. The number of amides is 2. The number of anilines is 2. The van der Waals surface area contributed by atoms with E-state index in [1.165, 1.54) is 18.4 Å². The molecule has 0 atom stereocenters. The molecule has 0 aliphatic carbocycles. The first kappa shape index (κ1) is 19.0. The van der Waals surface area contributed by atoms with E-state index in [4.69, 9.17) is 4.74 Å². The van der Waals surface area contributed by atoms with Crippen molar-refractivity contribution in [1.29, 1.82) is 0 Å². The monoisotopic (exact) mass is 387 g/mol. The number of hydrogen-bond acceptors (Lipinski definition) is 6. The van der Waals surface area contributed by atoms with Crippen molar-refractivity contribution in [2.24, 2.45) is 0 Å². The fourth-order valence-corrected chi connectivity index (χ4v) is 3.84. The fraction of sp³-hybridized carbons (Fsp3) is 0.368. The van der Waals surface area contributed by atoms with E-state index >= 15 is 0 Å². The molecular formula is C19H21N3O4S. The zero-order valence-electron chi connectivity index (χ0n) is 15.5. The normalized spacial score (nSPS) is 13.7. The second kappa shape index (κ2) is 7.87. The number of aromatic nitrogens is 1. The maximum Gasteiger partial charge on any atom is 0.338 e. The number of carbonyl (C=O) groups is 3. The SMILES string of the molecule is COC(=O)c1cc(NC(=O)Cc2csc(N3CCCC3=O)n2)cc(C)c1C. The Labute approximate surface area is 161 Å². The molecule has 1 aromatic carbocycles. The number of methoxy groups -OCH3 is 1. The summed E-state index contributed by atoms with van der Waals surface area (Å²) in [7, 11) is 1.33. The Balaban J connectivity index is 1.69. The summed E-state index contributed by atoms with van der Waals surface area (Å²) >= 11 is 1.37. The summed E-state index contributed by atoms with van der Waals surface area (Å²) in [5.41, 5.74) is 3.28. The lowest BCUT2D eigenvalue weighted by Gasteiger charge is -2.12. The van der Waals surface area contributed by atoms with E-state index in [2.05, 4.69) is 10.3 Å². The van der Waals surface area contributed by atoms with Crippen LogP contribution in [0.2, 0.25) is 0 Å². The molecule has 3 rings (SSSR count). The number of ether oxygens (including phenoxy) is 1. The molecule has 2 aromatic rings. The molecule has 7 nitrogen and oxygen atoms in total. The minimum atomic E-state index is -0.439. The van der Waals surface area contributed by atoms with Gasteiger partial charge in [0.05, 0.1) is 24.8 Å². The number of hydrogen-bond donors (Lipinski definition) is 1. The molecule has 142 valence electrons. The number of rotatable bonds is 5. The van der Waals surface area contributed by atoms with Gasteiger partial charge in [-0.2, -0.15) is 0 Å². The van der Waals surface area contributed by atoms with Crippen molar-refractivity contribution in [2.45, 2.75) is 33.1 Å². The second-order valence-electron chi connectivity index (χ2n) is 6.45. The van der Waals surface area contributed by atoms with Crippen molar-refractivity contribution in [3.8, 4) is 0 Å².